The Morgan fingerprint density at radius 1 is 1.08 bits per heavy atom. The van der Waals surface area contributed by atoms with E-state index in [2.05, 4.69) is 0 Å². The molecule has 5 unspecified atom stereocenters. The summed E-state index contributed by atoms with van der Waals surface area (Å²) in [7, 11) is 0. The molecule has 5 atom stereocenters. The molecule has 3 N–H and O–H groups in total. The smallest absolute Gasteiger partial charge is 0.160 e. The number of rotatable bonds is 1. The third-order valence-electron chi connectivity index (χ3n) is 2.63. The average Bonchev–Trinajstić information content (AvgIpc) is 2.07. The molecule has 0 aromatic carbocycles. The van der Waals surface area contributed by atoms with Gasteiger partial charge < -0.3 is 20.1 Å². The van der Waals surface area contributed by atoms with E-state index in [1.54, 1.807) is 6.92 Å². The van der Waals surface area contributed by atoms with Crippen molar-refractivity contribution in [3.05, 3.63) is 0 Å². The van der Waals surface area contributed by atoms with Gasteiger partial charge in [0.1, 0.15) is 6.10 Å². The van der Waals surface area contributed by atoms with E-state index < -0.39 is 30.5 Å². The topological polar surface area (TPSA) is 69.9 Å². The number of hydrogen-bond donors (Lipinski definition) is 3. The lowest BCUT2D eigenvalue weighted by Gasteiger charge is -2.41. The van der Waals surface area contributed by atoms with Crippen molar-refractivity contribution >= 4 is 0 Å². The third kappa shape index (κ3) is 2.02. The molecule has 1 aliphatic rings. The van der Waals surface area contributed by atoms with Crippen molar-refractivity contribution in [1.82, 2.24) is 0 Å². The monoisotopic (exact) mass is 190 g/mol. The standard InChI is InChI=1S/C9H18O4/c1-4(2)8-7(11)6(10)5(3)9(12)13-8/h4-12H,1-3H3. The lowest BCUT2D eigenvalue weighted by Crippen LogP contribution is -2.55. The van der Waals surface area contributed by atoms with E-state index in [1.807, 2.05) is 13.8 Å². The van der Waals surface area contributed by atoms with Gasteiger partial charge in [0.15, 0.2) is 6.29 Å². The molecule has 1 aliphatic heterocycles. The first-order valence-corrected chi connectivity index (χ1v) is 4.64. The van der Waals surface area contributed by atoms with Crippen LogP contribution in [0.1, 0.15) is 20.8 Å². The fraction of sp³-hybridized carbons (Fsp3) is 1.00. The van der Waals surface area contributed by atoms with Crippen LogP contribution in [0.3, 0.4) is 0 Å². The van der Waals surface area contributed by atoms with Gasteiger partial charge in [-0.25, -0.2) is 0 Å². The van der Waals surface area contributed by atoms with Crippen LogP contribution in [0.15, 0.2) is 0 Å². The highest BCUT2D eigenvalue weighted by molar-refractivity contribution is 4.87. The highest BCUT2D eigenvalue weighted by atomic mass is 16.6. The molecule has 4 heteroatoms. The van der Waals surface area contributed by atoms with Gasteiger partial charge in [-0.05, 0) is 5.92 Å². The first kappa shape index (κ1) is 10.9. The molecule has 0 amide bonds. The summed E-state index contributed by atoms with van der Waals surface area (Å²) in [6.07, 6.45) is -3.28. The highest BCUT2D eigenvalue weighted by Crippen LogP contribution is 2.27. The van der Waals surface area contributed by atoms with Gasteiger partial charge in [-0.1, -0.05) is 20.8 Å². The van der Waals surface area contributed by atoms with Crippen LogP contribution in [0.4, 0.5) is 0 Å². The van der Waals surface area contributed by atoms with Gasteiger partial charge in [0.2, 0.25) is 0 Å². The van der Waals surface area contributed by atoms with Crippen LogP contribution in [0.5, 0.6) is 0 Å². The zero-order valence-corrected chi connectivity index (χ0v) is 8.21. The molecular weight excluding hydrogens is 172 g/mol. The fourth-order valence-electron chi connectivity index (χ4n) is 1.59. The van der Waals surface area contributed by atoms with Crippen molar-refractivity contribution in [3.8, 4) is 0 Å². The number of aliphatic hydroxyl groups is 3. The molecule has 13 heavy (non-hydrogen) atoms. The second-order valence-electron chi connectivity index (χ2n) is 4.08. The largest absolute Gasteiger partial charge is 0.390 e. The zero-order chi connectivity index (χ0) is 10.2. The molecule has 1 saturated heterocycles. The first-order chi connectivity index (χ1) is 5.95. The van der Waals surface area contributed by atoms with E-state index in [-0.39, 0.29) is 5.92 Å². The Morgan fingerprint density at radius 2 is 1.62 bits per heavy atom. The molecular formula is C9H18O4. The fourth-order valence-corrected chi connectivity index (χ4v) is 1.59. The summed E-state index contributed by atoms with van der Waals surface area (Å²) in [5, 5.41) is 28.5. The van der Waals surface area contributed by atoms with Crippen LogP contribution in [-0.2, 0) is 4.74 Å². The molecule has 1 fully saturated rings. The predicted octanol–water partition coefficient (Wildman–Crippen LogP) is -0.282. The summed E-state index contributed by atoms with van der Waals surface area (Å²) in [5.74, 6) is -0.364. The van der Waals surface area contributed by atoms with Gasteiger partial charge in [0.05, 0.1) is 12.2 Å². The quantitative estimate of drug-likeness (QED) is 0.532. The Bertz CT molecular complexity index is 171. The van der Waals surface area contributed by atoms with Crippen molar-refractivity contribution in [2.24, 2.45) is 11.8 Å². The molecule has 0 aliphatic carbocycles. The van der Waals surface area contributed by atoms with E-state index >= 15 is 0 Å². The number of aliphatic hydroxyl groups excluding tert-OH is 3. The second-order valence-corrected chi connectivity index (χ2v) is 4.08. The molecule has 0 radical (unpaired) electrons. The summed E-state index contributed by atoms with van der Waals surface area (Å²) in [4.78, 5) is 0. The van der Waals surface area contributed by atoms with Crippen molar-refractivity contribution in [2.75, 3.05) is 0 Å². The van der Waals surface area contributed by atoms with Gasteiger partial charge >= 0.3 is 0 Å². The molecule has 0 aromatic heterocycles. The Hall–Kier alpha value is -0.160. The second kappa shape index (κ2) is 3.92. The van der Waals surface area contributed by atoms with Crippen LogP contribution in [0, 0.1) is 11.8 Å². The minimum Gasteiger partial charge on any atom is -0.390 e. The molecule has 1 rings (SSSR count). The Kier molecular flexibility index (Phi) is 3.29. The average molecular weight is 190 g/mol. The van der Waals surface area contributed by atoms with Crippen LogP contribution >= 0.6 is 0 Å². The first-order valence-electron chi connectivity index (χ1n) is 4.64. The van der Waals surface area contributed by atoms with E-state index in [1.165, 1.54) is 0 Å². The predicted molar refractivity (Wildman–Crippen MR) is 46.9 cm³/mol. The Morgan fingerprint density at radius 3 is 2.08 bits per heavy atom. The van der Waals surface area contributed by atoms with E-state index in [4.69, 9.17) is 4.74 Å². The van der Waals surface area contributed by atoms with Crippen LogP contribution < -0.4 is 0 Å². The zero-order valence-electron chi connectivity index (χ0n) is 8.21. The highest BCUT2D eigenvalue weighted by Gasteiger charge is 2.42. The molecule has 0 bridgehead atoms. The number of hydrogen-bond acceptors (Lipinski definition) is 4. The van der Waals surface area contributed by atoms with Crippen LogP contribution in [-0.4, -0.2) is 39.9 Å². The van der Waals surface area contributed by atoms with Crippen molar-refractivity contribution in [2.45, 2.75) is 45.4 Å². The number of ether oxygens (including phenoxy) is 1. The van der Waals surface area contributed by atoms with Gasteiger partial charge in [0.25, 0.3) is 0 Å². The van der Waals surface area contributed by atoms with Gasteiger partial charge in [-0.3, -0.25) is 0 Å². The summed E-state index contributed by atoms with van der Waals surface area (Å²) in [6.45, 7) is 5.40. The van der Waals surface area contributed by atoms with Crippen molar-refractivity contribution in [1.29, 1.82) is 0 Å². The van der Waals surface area contributed by atoms with Crippen molar-refractivity contribution < 1.29 is 20.1 Å². The SMILES string of the molecule is CC(C)C1OC(O)C(C)C(O)C1O. The van der Waals surface area contributed by atoms with E-state index in [0.29, 0.717) is 0 Å². The van der Waals surface area contributed by atoms with Gasteiger partial charge in [0, 0.05) is 5.92 Å². The minimum absolute atomic E-state index is 0.0757. The molecule has 4 nitrogen and oxygen atoms in total. The molecule has 0 spiro atoms. The maximum atomic E-state index is 9.61. The van der Waals surface area contributed by atoms with Crippen molar-refractivity contribution in [3.63, 3.8) is 0 Å². The van der Waals surface area contributed by atoms with Crippen LogP contribution in [0.2, 0.25) is 0 Å². The normalized spacial score (nSPS) is 46.8. The Balaban J connectivity index is 2.70. The van der Waals surface area contributed by atoms with E-state index in [0.717, 1.165) is 0 Å². The third-order valence-corrected chi connectivity index (χ3v) is 2.63. The van der Waals surface area contributed by atoms with E-state index in [9.17, 15) is 15.3 Å². The minimum atomic E-state index is -0.981. The Labute approximate surface area is 78.1 Å². The maximum absolute atomic E-state index is 9.61. The summed E-state index contributed by atoms with van der Waals surface area (Å²) in [5.41, 5.74) is 0. The lowest BCUT2D eigenvalue weighted by atomic mass is 9.88. The summed E-state index contributed by atoms with van der Waals surface area (Å²) < 4.78 is 5.19. The van der Waals surface area contributed by atoms with Gasteiger partial charge in [-0.2, -0.15) is 0 Å². The molecule has 0 aromatic rings. The summed E-state index contributed by atoms with van der Waals surface area (Å²) in [6, 6.07) is 0. The molecule has 1 heterocycles. The maximum Gasteiger partial charge on any atom is 0.160 e. The summed E-state index contributed by atoms with van der Waals surface area (Å²) >= 11 is 0. The van der Waals surface area contributed by atoms with Gasteiger partial charge in [-0.15, -0.1) is 0 Å². The van der Waals surface area contributed by atoms with Crippen LogP contribution in [0.25, 0.3) is 0 Å². The molecule has 0 saturated carbocycles. The lowest BCUT2D eigenvalue weighted by molar-refractivity contribution is -0.269. The molecule has 78 valence electrons.